The molecule has 1 spiro atoms. The van der Waals surface area contributed by atoms with Crippen molar-refractivity contribution in [1.29, 1.82) is 0 Å². The Morgan fingerprint density at radius 2 is 1.96 bits per heavy atom. The fourth-order valence-electron chi connectivity index (χ4n) is 4.26. The number of nitrogens with zero attached hydrogens (tertiary/aromatic N) is 1. The molecule has 2 heterocycles. The van der Waals surface area contributed by atoms with Crippen LogP contribution in [0.3, 0.4) is 0 Å². The second-order valence-electron chi connectivity index (χ2n) is 8.06. The van der Waals surface area contributed by atoms with Crippen LogP contribution in [0.5, 0.6) is 0 Å². The third kappa shape index (κ3) is 3.90. The Hall–Kier alpha value is -2.41. The Balaban J connectivity index is 1.42. The molecule has 28 heavy (non-hydrogen) atoms. The van der Waals surface area contributed by atoms with E-state index in [1.54, 1.807) is 6.07 Å². The fourth-order valence-corrected chi connectivity index (χ4v) is 4.26. The minimum Gasteiger partial charge on any atom is -0.384 e. The molecule has 7 heteroatoms. The first kappa shape index (κ1) is 18.9. The third-order valence-electron chi connectivity index (χ3n) is 5.87. The quantitative estimate of drug-likeness (QED) is 0.831. The minimum atomic E-state index is -0.819. The van der Waals surface area contributed by atoms with Crippen molar-refractivity contribution in [3.8, 4) is 0 Å². The molecular formula is C21H27N3O4. The van der Waals surface area contributed by atoms with E-state index in [-0.39, 0.29) is 23.9 Å². The van der Waals surface area contributed by atoms with Crippen molar-refractivity contribution in [2.45, 2.75) is 63.1 Å². The van der Waals surface area contributed by atoms with Crippen molar-refractivity contribution in [3.63, 3.8) is 0 Å². The first-order valence-electron chi connectivity index (χ1n) is 10.1. The summed E-state index contributed by atoms with van der Waals surface area (Å²) in [6, 6.07) is 7.43. The van der Waals surface area contributed by atoms with E-state index in [0.29, 0.717) is 37.3 Å². The van der Waals surface area contributed by atoms with Gasteiger partial charge in [-0.2, -0.15) is 0 Å². The summed E-state index contributed by atoms with van der Waals surface area (Å²) in [6.07, 6.45) is 5.29. The smallest absolute Gasteiger partial charge is 0.269 e. The van der Waals surface area contributed by atoms with E-state index >= 15 is 0 Å². The van der Waals surface area contributed by atoms with E-state index in [1.165, 1.54) is 0 Å². The largest absolute Gasteiger partial charge is 0.384 e. The van der Waals surface area contributed by atoms with Crippen molar-refractivity contribution in [2.24, 2.45) is 5.16 Å². The molecule has 2 fully saturated rings. The second kappa shape index (κ2) is 7.91. The van der Waals surface area contributed by atoms with Gasteiger partial charge in [0.15, 0.2) is 5.60 Å². The third-order valence-corrected chi connectivity index (χ3v) is 5.87. The average Bonchev–Trinajstić information content (AvgIpc) is 3.34. The SMILES string of the molecule is Cc1cccc(C(=O)NC2CCOCC23CC(C(=O)NC2CCCC2)=NO3)c1. The molecular weight excluding hydrogens is 358 g/mol. The molecule has 1 saturated carbocycles. The number of hydrogen-bond acceptors (Lipinski definition) is 5. The van der Waals surface area contributed by atoms with E-state index in [0.717, 1.165) is 31.2 Å². The van der Waals surface area contributed by atoms with Gasteiger partial charge in [-0.25, -0.2) is 0 Å². The molecule has 0 radical (unpaired) electrons. The van der Waals surface area contributed by atoms with Crippen LogP contribution in [0, 0.1) is 6.92 Å². The van der Waals surface area contributed by atoms with Crippen LogP contribution in [0.2, 0.25) is 0 Å². The van der Waals surface area contributed by atoms with Gasteiger partial charge in [-0.15, -0.1) is 0 Å². The molecule has 2 unspecified atom stereocenters. The van der Waals surface area contributed by atoms with Crippen LogP contribution in [0.4, 0.5) is 0 Å². The van der Waals surface area contributed by atoms with Crippen molar-refractivity contribution in [2.75, 3.05) is 13.2 Å². The Bertz CT molecular complexity index is 788. The zero-order valence-corrected chi connectivity index (χ0v) is 16.2. The van der Waals surface area contributed by atoms with Crippen LogP contribution in [-0.2, 0) is 14.4 Å². The van der Waals surface area contributed by atoms with Gasteiger partial charge < -0.3 is 20.2 Å². The summed E-state index contributed by atoms with van der Waals surface area (Å²) in [5.41, 5.74) is 1.20. The number of oxime groups is 1. The maximum Gasteiger partial charge on any atom is 0.269 e. The summed E-state index contributed by atoms with van der Waals surface area (Å²) in [7, 11) is 0. The van der Waals surface area contributed by atoms with E-state index < -0.39 is 5.60 Å². The molecule has 2 atom stereocenters. The second-order valence-corrected chi connectivity index (χ2v) is 8.06. The molecule has 1 aliphatic carbocycles. The van der Waals surface area contributed by atoms with E-state index in [4.69, 9.17) is 9.57 Å². The lowest BCUT2D eigenvalue weighted by molar-refractivity contribution is -0.128. The van der Waals surface area contributed by atoms with Crippen LogP contribution in [-0.4, -0.2) is 48.4 Å². The minimum absolute atomic E-state index is 0.151. The van der Waals surface area contributed by atoms with Gasteiger partial charge in [0.1, 0.15) is 5.71 Å². The number of rotatable bonds is 4. The lowest BCUT2D eigenvalue weighted by Gasteiger charge is -2.38. The zero-order chi connectivity index (χ0) is 19.6. The van der Waals surface area contributed by atoms with E-state index in [2.05, 4.69) is 15.8 Å². The van der Waals surface area contributed by atoms with Crippen LogP contribution >= 0.6 is 0 Å². The lowest BCUT2D eigenvalue weighted by atomic mass is 9.85. The molecule has 2 N–H and O–H groups in total. The van der Waals surface area contributed by atoms with Gasteiger partial charge in [-0.05, 0) is 38.3 Å². The number of amides is 2. The van der Waals surface area contributed by atoms with Crippen molar-refractivity contribution in [1.82, 2.24) is 10.6 Å². The fraction of sp³-hybridized carbons (Fsp3) is 0.571. The molecule has 2 amide bonds. The number of carbonyl (C=O) groups excluding carboxylic acids is 2. The van der Waals surface area contributed by atoms with Crippen molar-refractivity contribution in [3.05, 3.63) is 35.4 Å². The molecule has 150 valence electrons. The molecule has 0 aromatic heterocycles. The summed E-state index contributed by atoms with van der Waals surface area (Å²) in [5, 5.41) is 10.2. The standard InChI is InChI=1S/C21H27N3O4/c1-14-5-4-6-15(11-14)19(25)23-18-9-10-27-13-21(18)12-17(24-28-21)20(26)22-16-7-2-3-8-16/h4-6,11,16,18H,2-3,7-10,12-13H2,1H3,(H,22,26)(H,23,25). The highest BCUT2D eigenvalue weighted by Crippen LogP contribution is 2.33. The first-order chi connectivity index (χ1) is 13.6. The van der Waals surface area contributed by atoms with Gasteiger partial charge in [0, 0.05) is 24.6 Å². The highest BCUT2D eigenvalue weighted by atomic mass is 16.7. The Labute approximate surface area is 164 Å². The topological polar surface area (TPSA) is 89.0 Å². The van der Waals surface area contributed by atoms with E-state index in [9.17, 15) is 9.59 Å². The predicted octanol–water partition coefficient (Wildman–Crippen LogP) is 2.09. The maximum absolute atomic E-state index is 12.7. The van der Waals surface area contributed by atoms with Crippen LogP contribution in [0.1, 0.15) is 54.4 Å². The number of ether oxygens (including phenoxy) is 1. The molecule has 2 aliphatic heterocycles. The predicted molar refractivity (Wildman–Crippen MR) is 104 cm³/mol. The van der Waals surface area contributed by atoms with Gasteiger partial charge in [-0.3, -0.25) is 9.59 Å². The van der Waals surface area contributed by atoms with Crippen LogP contribution < -0.4 is 10.6 Å². The Morgan fingerprint density at radius 1 is 1.14 bits per heavy atom. The monoisotopic (exact) mass is 385 g/mol. The zero-order valence-electron chi connectivity index (χ0n) is 16.2. The van der Waals surface area contributed by atoms with Gasteiger partial charge in [0.25, 0.3) is 11.8 Å². The van der Waals surface area contributed by atoms with Gasteiger partial charge in [-0.1, -0.05) is 35.7 Å². The summed E-state index contributed by atoms with van der Waals surface area (Å²) in [4.78, 5) is 31.0. The molecule has 1 aromatic carbocycles. The molecule has 7 nitrogen and oxygen atoms in total. The molecule has 0 bridgehead atoms. The summed E-state index contributed by atoms with van der Waals surface area (Å²) >= 11 is 0. The molecule has 3 aliphatic rings. The Morgan fingerprint density at radius 3 is 2.75 bits per heavy atom. The number of aryl methyl sites for hydroxylation is 1. The van der Waals surface area contributed by atoms with Gasteiger partial charge in [0.2, 0.25) is 0 Å². The normalized spacial score (nSPS) is 27.3. The molecule has 4 rings (SSSR count). The maximum atomic E-state index is 12.7. The summed E-state index contributed by atoms with van der Waals surface area (Å²) in [6.45, 7) is 2.79. The van der Waals surface area contributed by atoms with Crippen LogP contribution in [0.15, 0.2) is 29.4 Å². The molecule has 1 aromatic rings. The highest BCUT2D eigenvalue weighted by Gasteiger charge is 2.50. The Kier molecular flexibility index (Phi) is 5.35. The van der Waals surface area contributed by atoms with Crippen molar-refractivity contribution >= 4 is 17.5 Å². The molecule has 1 saturated heterocycles. The van der Waals surface area contributed by atoms with Crippen LogP contribution in [0.25, 0.3) is 0 Å². The number of benzene rings is 1. The summed E-state index contributed by atoms with van der Waals surface area (Å²) < 4.78 is 5.62. The van der Waals surface area contributed by atoms with E-state index in [1.807, 2.05) is 25.1 Å². The van der Waals surface area contributed by atoms with Crippen molar-refractivity contribution < 1.29 is 19.2 Å². The highest BCUT2D eigenvalue weighted by molar-refractivity contribution is 6.39. The summed E-state index contributed by atoms with van der Waals surface area (Å²) in [5.74, 6) is -0.319. The average molecular weight is 385 g/mol. The number of nitrogens with one attached hydrogen (secondary N) is 2. The lowest BCUT2D eigenvalue weighted by Crippen LogP contribution is -2.59. The van der Waals surface area contributed by atoms with Gasteiger partial charge >= 0.3 is 0 Å². The van der Waals surface area contributed by atoms with Gasteiger partial charge in [0.05, 0.1) is 12.6 Å². The first-order valence-corrected chi connectivity index (χ1v) is 10.1. The number of carbonyl (C=O) groups is 2. The number of hydrogen-bond donors (Lipinski definition) is 2.